The van der Waals surface area contributed by atoms with Crippen LogP contribution in [0.25, 0.3) is 0 Å². The summed E-state index contributed by atoms with van der Waals surface area (Å²) in [5, 5.41) is 3.63. The molecule has 88 valence electrons. The lowest BCUT2D eigenvalue weighted by Crippen LogP contribution is -2.49. The Morgan fingerprint density at radius 1 is 1.33 bits per heavy atom. The van der Waals surface area contributed by atoms with Crippen LogP contribution in [0.4, 0.5) is 0 Å². The molecule has 0 spiro atoms. The van der Waals surface area contributed by atoms with Crippen molar-refractivity contribution >= 4 is 11.8 Å². The third-order valence-electron chi connectivity index (χ3n) is 3.90. The predicted octanol–water partition coefficient (Wildman–Crippen LogP) is 1.67. The van der Waals surface area contributed by atoms with E-state index in [0.29, 0.717) is 0 Å². The van der Waals surface area contributed by atoms with Crippen molar-refractivity contribution in [3.63, 3.8) is 0 Å². The van der Waals surface area contributed by atoms with Crippen LogP contribution in [0.15, 0.2) is 0 Å². The summed E-state index contributed by atoms with van der Waals surface area (Å²) in [6, 6.07) is 0.740. The van der Waals surface area contributed by atoms with Crippen molar-refractivity contribution in [1.29, 1.82) is 0 Å². The van der Waals surface area contributed by atoms with Crippen molar-refractivity contribution in [2.75, 3.05) is 37.7 Å². The van der Waals surface area contributed by atoms with Gasteiger partial charge in [-0.15, -0.1) is 0 Å². The van der Waals surface area contributed by atoms with Gasteiger partial charge in [-0.25, -0.2) is 0 Å². The first-order valence-corrected chi connectivity index (χ1v) is 7.44. The van der Waals surface area contributed by atoms with Crippen molar-refractivity contribution in [1.82, 2.24) is 10.2 Å². The average Bonchev–Trinajstić information content (AvgIpc) is 2.25. The van der Waals surface area contributed by atoms with E-state index in [4.69, 9.17) is 0 Å². The molecule has 0 aliphatic carbocycles. The maximum atomic E-state index is 3.63. The standard InChI is InChI=1S/C12H24N2S/c1-10-3-5-14(7-11(10)2)8-12-9-15-6-4-13-12/h10-13H,3-9H2,1-2H3. The van der Waals surface area contributed by atoms with Crippen LogP contribution in [-0.2, 0) is 0 Å². The highest BCUT2D eigenvalue weighted by Gasteiger charge is 2.24. The summed E-state index contributed by atoms with van der Waals surface area (Å²) in [7, 11) is 0. The molecule has 2 saturated heterocycles. The highest BCUT2D eigenvalue weighted by atomic mass is 32.2. The third-order valence-corrected chi connectivity index (χ3v) is 5.03. The number of nitrogens with one attached hydrogen (secondary N) is 1. The summed E-state index contributed by atoms with van der Waals surface area (Å²) in [5.41, 5.74) is 0. The van der Waals surface area contributed by atoms with E-state index in [2.05, 4.69) is 35.8 Å². The van der Waals surface area contributed by atoms with Gasteiger partial charge in [0, 0.05) is 37.2 Å². The van der Waals surface area contributed by atoms with E-state index < -0.39 is 0 Å². The van der Waals surface area contributed by atoms with Gasteiger partial charge in [0.1, 0.15) is 0 Å². The lowest BCUT2D eigenvalue weighted by Gasteiger charge is -2.38. The van der Waals surface area contributed by atoms with Crippen LogP contribution in [0.3, 0.4) is 0 Å². The topological polar surface area (TPSA) is 15.3 Å². The van der Waals surface area contributed by atoms with Gasteiger partial charge in [0.05, 0.1) is 0 Å². The smallest absolute Gasteiger partial charge is 0.0285 e. The minimum atomic E-state index is 0.740. The zero-order valence-electron chi connectivity index (χ0n) is 10.0. The first-order chi connectivity index (χ1) is 7.25. The maximum absolute atomic E-state index is 3.63. The van der Waals surface area contributed by atoms with Crippen LogP contribution in [0, 0.1) is 11.8 Å². The van der Waals surface area contributed by atoms with Crippen molar-refractivity contribution < 1.29 is 0 Å². The van der Waals surface area contributed by atoms with Gasteiger partial charge in [-0.05, 0) is 24.8 Å². The molecule has 2 aliphatic heterocycles. The summed E-state index contributed by atoms with van der Waals surface area (Å²) in [6.07, 6.45) is 1.39. The van der Waals surface area contributed by atoms with Gasteiger partial charge in [-0.2, -0.15) is 11.8 Å². The van der Waals surface area contributed by atoms with Gasteiger partial charge in [-0.3, -0.25) is 0 Å². The molecule has 2 rings (SSSR count). The molecule has 2 nitrogen and oxygen atoms in total. The fraction of sp³-hybridized carbons (Fsp3) is 1.00. The number of likely N-dealkylation sites (tertiary alicyclic amines) is 1. The van der Waals surface area contributed by atoms with E-state index in [0.717, 1.165) is 17.9 Å². The van der Waals surface area contributed by atoms with Crippen molar-refractivity contribution in [2.24, 2.45) is 11.8 Å². The third kappa shape index (κ3) is 3.36. The molecule has 3 atom stereocenters. The van der Waals surface area contributed by atoms with Gasteiger partial charge < -0.3 is 10.2 Å². The summed E-state index contributed by atoms with van der Waals surface area (Å²) >= 11 is 2.10. The number of piperidine rings is 1. The zero-order chi connectivity index (χ0) is 10.7. The maximum Gasteiger partial charge on any atom is 0.0285 e. The lowest BCUT2D eigenvalue weighted by atomic mass is 9.88. The molecule has 2 aliphatic rings. The molecule has 2 heterocycles. The van der Waals surface area contributed by atoms with Crippen LogP contribution >= 0.6 is 11.8 Å². The predicted molar refractivity (Wildman–Crippen MR) is 68.5 cm³/mol. The fourth-order valence-electron chi connectivity index (χ4n) is 2.56. The lowest BCUT2D eigenvalue weighted by molar-refractivity contribution is 0.129. The number of thioether (sulfide) groups is 1. The highest BCUT2D eigenvalue weighted by molar-refractivity contribution is 7.99. The van der Waals surface area contributed by atoms with Crippen LogP contribution < -0.4 is 5.32 Å². The molecule has 3 unspecified atom stereocenters. The Morgan fingerprint density at radius 2 is 2.20 bits per heavy atom. The van der Waals surface area contributed by atoms with E-state index in [1.54, 1.807) is 0 Å². The molecule has 0 aromatic heterocycles. The quantitative estimate of drug-likeness (QED) is 0.774. The summed E-state index contributed by atoms with van der Waals surface area (Å²) in [4.78, 5) is 2.66. The molecule has 0 aromatic carbocycles. The molecule has 2 fully saturated rings. The van der Waals surface area contributed by atoms with Crippen molar-refractivity contribution in [3.05, 3.63) is 0 Å². The molecule has 0 saturated carbocycles. The molecule has 1 N–H and O–H groups in total. The van der Waals surface area contributed by atoms with E-state index >= 15 is 0 Å². The monoisotopic (exact) mass is 228 g/mol. The molecule has 0 amide bonds. The van der Waals surface area contributed by atoms with Crippen molar-refractivity contribution in [2.45, 2.75) is 26.3 Å². The molecule has 0 aromatic rings. The normalized spacial score (nSPS) is 39.2. The molecule has 0 radical (unpaired) electrons. The van der Waals surface area contributed by atoms with Crippen LogP contribution in [-0.4, -0.2) is 48.6 Å². The fourth-order valence-corrected chi connectivity index (χ4v) is 3.50. The molecule has 0 bridgehead atoms. The van der Waals surface area contributed by atoms with Crippen molar-refractivity contribution in [3.8, 4) is 0 Å². The minimum absolute atomic E-state index is 0.740. The zero-order valence-corrected chi connectivity index (χ0v) is 10.9. The second-order valence-corrected chi connectivity index (χ2v) is 6.38. The Labute approximate surface area is 98.2 Å². The van der Waals surface area contributed by atoms with Gasteiger partial charge in [0.15, 0.2) is 0 Å². The van der Waals surface area contributed by atoms with E-state index in [-0.39, 0.29) is 0 Å². The first kappa shape index (κ1) is 11.7. The summed E-state index contributed by atoms with van der Waals surface area (Å²) in [6.45, 7) is 9.90. The Balaban J connectivity index is 1.74. The Hall–Kier alpha value is 0.270. The van der Waals surface area contributed by atoms with Gasteiger partial charge >= 0.3 is 0 Å². The van der Waals surface area contributed by atoms with Gasteiger partial charge in [0.25, 0.3) is 0 Å². The number of rotatable bonds is 2. The van der Waals surface area contributed by atoms with Crippen LogP contribution in [0.2, 0.25) is 0 Å². The Morgan fingerprint density at radius 3 is 2.87 bits per heavy atom. The minimum Gasteiger partial charge on any atom is -0.311 e. The highest BCUT2D eigenvalue weighted by Crippen LogP contribution is 2.22. The largest absolute Gasteiger partial charge is 0.311 e. The molecule has 15 heavy (non-hydrogen) atoms. The molecule has 3 heteroatoms. The van der Waals surface area contributed by atoms with Crippen LogP contribution in [0.1, 0.15) is 20.3 Å². The first-order valence-electron chi connectivity index (χ1n) is 6.29. The number of nitrogens with zero attached hydrogens (tertiary/aromatic N) is 1. The second kappa shape index (κ2) is 5.55. The Bertz CT molecular complexity index is 192. The number of hydrogen-bond donors (Lipinski definition) is 1. The summed E-state index contributed by atoms with van der Waals surface area (Å²) < 4.78 is 0. The average molecular weight is 228 g/mol. The molecular weight excluding hydrogens is 204 g/mol. The van der Waals surface area contributed by atoms with Crippen LogP contribution in [0.5, 0.6) is 0 Å². The SMILES string of the molecule is CC1CCN(CC2CSCCN2)CC1C. The van der Waals surface area contributed by atoms with E-state index in [1.807, 2.05) is 0 Å². The summed E-state index contributed by atoms with van der Waals surface area (Å²) in [5.74, 6) is 4.41. The molecular formula is C12H24N2S. The van der Waals surface area contributed by atoms with E-state index in [1.165, 1.54) is 44.1 Å². The Kier molecular flexibility index (Phi) is 4.35. The van der Waals surface area contributed by atoms with E-state index in [9.17, 15) is 0 Å². The van der Waals surface area contributed by atoms with Gasteiger partial charge in [-0.1, -0.05) is 13.8 Å². The van der Waals surface area contributed by atoms with Gasteiger partial charge in [0.2, 0.25) is 0 Å². The number of hydrogen-bond acceptors (Lipinski definition) is 3. The second-order valence-electron chi connectivity index (χ2n) is 5.23.